The first kappa shape index (κ1) is 13.5. The number of aryl methyl sites for hydroxylation is 1. The van der Waals surface area contributed by atoms with Gasteiger partial charge in [-0.25, -0.2) is 18.1 Å². The number of rotatable bonds is 6. The SMILES string of the molecule is CCc1ncc(S(=O)(=O)NCC(C)SC)[nH]1. The summed E-state index contributed by atoms with van der Waals surface area (Å²) in [5, 5.41) is 0.390. The minimum atomic E-state index is -3.44. The number of hydrogen-bond acceptors (Lipinski definition) is 4. The highest BCUT2D eigenvalue weighted by Gasteiger charge is 2.17. The molecule has 2 N–H and O–H groups in total. The maximum Gasteiger partial charge on any atom is 0.257 e. The first-order valence-corrected chi connectivity index (χ1v) is 7.83. The van der Waals surface area contributed by atoms with Gasteiger partial charge in [-0.2, -0.15) is 11.8 Å². The number of nitrogens with one attached hydrogen (secondary N) is 2. The molecule has 0 aromatic carbocycles. The lowest BCUT2D eigenvalue weighted by molar-refractivity contribution is 0.578. The third-order valence-corrected chi connectivity index (χ3v) is 4.50. The third-order valence-electron chi connectivity index (χ3n) is 2.19. The highest BCUT2D eigenvalue weighted by molar-refractivity contribution is 7.99. The second-order valence-corrected chi connectivity index (χ2v) is 6.46. The molecule has 1 aromatic heterocycles. The second kappa shape index (κ2) is 5.70. The van der Waals surface area contributed by atoms with Crippen LogP contribution in [0.5, 0.6) is 0 Å². The van der Waals surface area contributed by atoms with Crippen molar-refractivity contribution in [1.29, 1.82) is 0 Å². The Bertz CT molecular complexity index is 428. The molecule has 0 fully saturated rings. The summed E-state index contributed by atoms with van der Waals surface area (Å²) in [5.74, 6) is 0.679. The van der Waals surface area contributed by atoms with Crippen molar-refractivity contribution in [2.45, 2.75) is 30.5 Å². The van der Waals surface area contributed by atoms with Gasteiger partial charge in [0.25, 0.3) is 10.0 Å². The summed E-state index contributed by atoms with van der Waals surface area (Å²) < 4.78 is 26.1. The lowest BCUT2D eigenvalue weighted by atomic mass is 10.5. The summed E-state index contributed by atoms with van der Waals surface area (Å²) in [6, 6.07) is 0. The fourth-order valence-corrected chi connectivity index (χ4v) is 2.47. The van der Waals surface area contributed by atoms with Crippen molar-refractivity contribution in [1.82, 2.24) is 14.7 Å². The first-order valence-electron chi connectivity index (χ1n) is 5.06. The lowest BCUT2D eigenvalue weighted by Crippen LogP contribution is -2.29. The van der Waals surface area contributed by atoms with Crippen LogP contribution in [-0.2, 0) is 16.4 Å². The van der Waals surface area contributed by atoms with Crippen LogP contribution in [0.1, 0.15) is 19.7 Å². The summed E-state index contributed by atoms with van der Waals surface area (Å²) in [6.07, 6.45) is 3.99. The van der Waals surface area contributed by atoms with Gasteiger partial charge < -0.3 is 4.98 Å². The molecule has 5 nitrogen and oxygen atoms in total. The van der Waals surface area contributed by atoms with Gasteiger partial charge in [-0.15, -0.1) is 0 Å². The van der Waals surface area contributed by atoms with Crippen molar-refractivity contribution in [3.63, 3.8) is 0 Å². The van der Waals surface area contributed by atoms with Gasteiger partial charge in [0.2, 0.25) is 0 Å². The average molecular weight is 263 g/mol. The van der Waals surface area contributed by atoms with E-state index in [1.165, 1.54) is 6.20 Å². The van der Waals surface area contributed by atoms with Gasteiger partial charge in [0.15, 0.2) is 5.03 Å². The topological polar surface area (TPSA) is 74.8 Å². The summed E-state index contributed by atoms with van der Waals surface area (Å²) >= 11 is 1.62. The number of thioether (sulfide) groups is 1. The van der Waals surface area contributed by atoms with E-state index in [1.54, 1.807) is 11.8 Å². The van der Waals surface area contributed by atoms with Crippen LogP contribution in [0.4, 0.5) is 0 Å². The van der Waals surface area contributed by atoms with Crippen LogP contribution in [0.15, 0.2) is 11.2 Å². The fourth-order valence-electron chi connectivity index (χ4n) is 1.05. The Morgan fingerprint density at radius 3 is 2.81 bits per heavy atom. The van der Waals surface area contributed by atoms with Crippen molar-refractivity contribution in [2.24, 2.45) is 0 Å². The second-order valence-electron chi connectivity index (χ2n) is 3.45. The Labute approximate surface area is 100 Å². The number of imidazole rings is 1. The van der Waals surface area contributed by atoms with Crippen molar-refractivity contribution in [3.05, 3.63) is 12.0 Å². The average Bonchev–Trinajstić information content (AvgIpc) is 2.75. The molecule has 1 rings (SSSR count). The lowest BCUT2D eigenvalue weighted by Gasteiger charge is -2.09. The molecule has 92 valence electrons. The van der Waals surface area contributed by atoms with Crippen molar-refractivity contribution < 1.29 is 8.42 Å². The molecule has 0 aliphatic rings. The van der Waals surface area contributed by atoms with Crippen LogP contribution in [0.3, 0.4) is 0 Å². The van der Waals surface area contributed by atoms with E-state index in [4.69, 9.17) is 0 Å². The van der Waals surface area contributed by atoms with Gasteiger partial charge in [-0.05, 0) is 6.26 Å². The summed E-state index contributed by atoms with van der Waals surface area (Å²) in [7, 11) is -3.44. The predicted molar refractivity (Wildman–Crippen MR) is 66.1 cm³/mol. The molecule has 0 saturated carbocycles. The molecule has 0 radical (unpaired) electrons. The van der Waals surface area contributed by atoms with Crippen LogP contribution in [0.2, 0.25) is 0 Å². The number of aromatic nitrogens is 2. The van der Waals surface area contributed by atoms with E-state index in [2.05, 4.69) is 14.7 Å². The Balaban J connectivity index is 2.70. The summed E-state index contributed by atoms with van der Waals surface area (Å²) in [4.78, 5) is 6.74. The first-order chi connectivity index (χ1) is 7.49. The molecule has 1 atom stereocenters. The quantitative estimate of drug-likeness (QED) is 0.803. The van der Waals surface area contributed by atoms with E-state index >= 15 is 0 Å². The monoisotopic (exact) mass is 263 g/mol. The van der Waals surface area contributed by atoms with Gasteiger partial charge >= 0.3 is 0 Å². The number of hydrogen-bond donors (Lipinski definition) is 2. The summed E-state index contributed by atoms with van der Waals surface area (Å²) in [5.41, 5.74) is 0. The van der Waals surface area contributed by atoms with E-state index in [1.807, 2.05) is 20.1 Å². The smallest absolute Gasteiger partial charge is 0.257 e. The van der Waals surface area contributed by atoms with Gasteiger partial charge in [0, 0.05) is 18.2 Å². The van der Waals surface area contributed by atoms with E-state index in [0.29, 0.717) is 18.8 Å². The molecule has 0 spiro atoms. The molecule has 16 heavy (non-hydrogen) atoms. The van der Waals surface area contributed by atoms with E-state index in [0.717, 1.165) is 0 Å². The fraction of sp³-hybridized carbons (Fsp3) is 0.667. The molecule has 0 amide bonds. The van der Waals surface area contributed by atoms with Crippen LogP contribution in [-0.4, -0.2) is 36.4 Å². The zero-order chi connectivity index (χ0) is 12.2. The van der Waals surface area contributed by atoms with E-state index in [9.17, 15) is 8.42 Å². The van der Waals surface area contributed by atoms with Gasteiger partial charge in [0.05, 0.1) is 6.20 Å². The Morgan fingerprint density at radius 2 is 2.31 bits per heavy atom. The van der Waals surface area contributed by atoms with Crippen LogP contribution in [0, 0.1) is 0 Å². The van der Waals surface area contributed by atoms with Crippen LogP contribution < -0.4 is 4.72 Å². The van der Waals surface area contributed by atoms with Crippen LogP contribution >= 0.6 is 11.8 Å². The maximum atomic E-state index is 11.8. The number of aromatic amines is 1. The molecular formula is C9H17N3O2S2. The molecule has 0 aliphatic carbocycles. The van der Waals surface area contributed by atoms with Crippen LogP contribution in [0.25, 0.3) is 0 Å². The third kappa shape index (κ3) is 3.50. The molecule has 0 saturated heterocycles. The molecule has 0 aliphatic heterocycles. The van der Waals surface area contributed by atoms with Crippen molar-refractivity contribution in [2.75, 3.05) is 12.8 Å². The largest absolute Gasteiger partial charge is 0.332 e. The zero-order valence-corrected chi connectivity index (χ0v) is 11.3. The zero-order valence-electron chi connectivity index (χ0n) is 9.65. The minimum absolute atomic E-state index is 0.137. The molecule has 7 heteroatoms. The minimum Gasteiger partial charge on any atom is -0.332 e. The van der Waals surface area contributed by atoms with Crippen molar-refractivity contribution >= 4 is 21.8 Å². The van der Waals surface area contributed by atoms with Crippen molar-refractivity contribution in [3.8, 4) is 0 Å². The number of sulfonamides is 1. The Kier molecular flexibility index (Phi) is 4.82. The molecule has 1 aromatic rings. The maximum absolute atomic E-state index is 11.8. The Morgan fingerprint density at radius 1 is 1.62 bits per heavy atom. The molecule has 0 bridgehead atoms. The standard InChI is InChI=1S/C9H17N3O2S2/c1-4-8-10-6-9(12-8)16(13,14)11-5-7(2)15-3/h6-7,11H,4-5H2,1-3H3,(H,10,12). The highest BCUT2D eigenvalue weighted by Crippen LogP contribution is 2.08. The highest BCUT2D eigenvalue weighted by atomic mass is 32.2. The number of H-pyrrole nitrogens is 1. The molecule has 1 unspecified atom stereocenters. The predicted octanol–water partition coefficient (Wildman–Crippen LogP) is 1.00. The van der Waals surface area contributed by atoms with E-state index in [-0.39, 0.29) is 10.3 Å². The Hall–Kier alpha value is -0.530. The molecular weight excluding hydrogens is 246 g/mol. The normalized spacial score (nSPS) is 13.9. The van der Waals surface area contributed by atoms with Gasteiger partial charge in [0.1, 0.15) is 5.82 Å². The van der Waals surface area contributed by atoms with Gasteiger partial charge in [-0.3, -0.25) is 0 Å². The summed E-state index contributed by atoms with van der Waals surface area (Å²) in [6.45, 7) is 4.31. The molecule has 1 heterocycles. The van der Waals surface area contributed by atoms with Gasteiger partial charge in [-0.1, -0.05) is 13.8 Å². The van der Waals surface area contributed by atoms with E-state index < -0.39 is 10.0 Å². The number of nitrogens with zero attached hydrogens (tertiary/aromatic N) is 1.